The maximum Gasteiger partial charge on any atom is 0.416 e. The van der Waals surface area contributed by atoms with Crippen LogP contribution in [0.3, 0.4) is 0 Å². The van der Waals surface area contributed by atoms with E-state index in [1.807, 2.05) is 11.9 Å². The first kappa shape index (κ1) is 9.52. The van der Waals surface area contributed by atoms with Crippen molar-refractivity contribution < 1.29 is 13.2 Å². The Bertz CT molecular complexity index is 357. The van der Waals surface area contributed by atoms with Gasteiger partial charge in [0.2, 0.25) is 0 Å². The molecule has 0 N–H and O–H groups in total. The molecule has 4 heteroatoms. The molecule has 1 aliphatic heterocycles. The SMILES string of the molecule is CN1Cc2ccc(C(F)(F)F)cc2C1. The van der Waals surface area contributed by atoms with Crippen LogP contribution in [0.2, 0.25) is 0 Å². The third kappa shape index (κ3) is 1.62. The number of rotatable bonds is 0. The third-order valence-electron chi connectivity index (χ3n) is 2.41. The van der Waals surface area contributed by atoms with Gasteiger partial charge in [0.05, 0.1) is 5.56 Å². The molecular formula is C10H10F3N. The van der Waals surface area contributed by atoms with Gasteiger partial charge in [-0.3, -0.25) is 4.90 Å². The minimum Gasteiger partial charge on any atom is -0.298 e. The Morgan fingerprint density at radius 2 is 1.79 bits per heavy atom. The Morgan fingerprint density at radius 3 is 2.43 bits per heavy atom. The van der Waals surface area contributed by atoms with E-state index in [-0.39, 0.29) is 0 Å². The first-order valence-corrected chi connectivity index (χ1v) is 4.34. The number of alkyl halides is 3. The van der Waals surface area contributed by atoms with Gasteiger partial charge in [0.15, 0.2) is 0 Å². The zero-order valence-electron chi connectivity index (χ0n) is 7.73. The number of benzene rings is 1. The van der Waals surface area contributed by atoms with E-state index in [0.29, 0.717) is 6.54 Å². The summed E-state index contributed by atoms with van der Waals surface area (Å²) in [6, 6.07) is 3.97. The molecule has 0 amide bonds. The van der Waals surface area contributed by atoms with E-state index >= 15 is 0 Å². The molecule has 2 rings (SSSR count). The summed E-state index contributed by atoms with van der Waals surface area (Å²) >= 11 is 0. The predicted molar refractivity (Wildman–Crippen MR) is 46.6 cm³/mol. The smallest absolute Gasteiger partial charge is 0.298 e. The summed E-state index contributed by atoms with van der Waals surface area (Å²) in [5, 5.41) is 0. The Balaban J connectivity index is 2.38. The second-order valence-electron chi connectivity index (χ2n) is 3.65. The van der Waals surface area contributed by atoms with Crippen molar-refractivity contribution in [1.82, 2.24) is 4.90 Å². The Kier molecular flexibility index (Phi) is 2.03. The first-order valence-electron chi connectivity index (χ1n) is 4.34. The van der Waals surface area contributed by atoms with Crippen molar-refractivity contribution in [3.05, 3.63) is 34.9 Å². The quantitative estimate of drug-likeness (QED) is 0.623. The zero-order valence-corrected chi connectivity index (χ0v) is 7.73. The Morgan fingerprint density at radius 1 is 1.14 bits per heavy atom. The molecule has 0 aromatic heterocycles. The van der Waals surface area contributed by atoms with Crippen LogP contribution in [-0.2, 0) is 19.3 Å². The van der Waals surface area contributed by atoms with Gasteiger partial charge in [-0.25, -0.2) is 0 Å². The molecule has 1 aromatic rings. The fraction of sp³-hybridized carbons (Fsp3) is 0.400. The van der Waals surface area contributed by atoms with Gasteiger partial charge >= 0.3 is 6.18 Å². The molecule has 14 heavy (non-hydrogen) atoms. The fourth-order valence-corrected chi connectivity index (χ4v) is 1.74. The molecule has 0 fully saturated rings. The zero-order chi connectivity index (χ0) is 10.3. The lowest BCUT2D eigenvalue weighted by Gasteiger charge is -2.07. The van der Waals surface area contributed by atoms with Gasteiger partial charge < -0.3 is 0 Å². The van der Waals surface area contributed by atoms with Crippen LogP contribution >= 0.6 is 0 Å². The van der Waals surface area contributed by atoms with Crippen molar-refractivity contribution in [2.24, 2.45) is 0 Å². The van der Waals surface area contributed by atoms with Crippen LogP contribution in [0.25, 0.3) is 0 Å². The molecule has 0 atom stereocenters. The number of nitrogens with zero attached hydrogens (tertiary/aromatic N) is 1. The van der Waals surface area contributed by atoms with Crippen molar-refractivity contribution in [3.8, 4) is 0 Å². The van der Waals surface area contributed by atoms with Crippen molar-refractivity contribution in [2.45, 2.75) is 19.3 Å². The lowest BCUT2D eigenvalue weighted by molar-refractivity contribution is -0.137. The summed E-state index contributed by atoms with van der Waals surface area (Å²) in [6.07, 6.45) is -4.23. The highest BCUT2D eigenvalue weighted by molar-refractivity contribution is 5.35. The fourth-order valence-electron chi connectivity index (χ4n) is 1.74. The average Bonchev–Trinajstić information content (AvgIpc) is 2.41. The van der Waals surface area contributed by atoms with Crippen molar-refractivity contribution >= 4 is 0 Å². The average molecular weight is 201 g/mol. The summed E-state index contributed by atoms with van der Waals surface area (Å²) in [6.45, 7) is 1.35. The van der Waals surface area contributed by atoms with Gasteiger partial charge in [0, 0.05) is 13.1 Å². The van der Waals surface area contributed by atoms with Crippen molar-refractivity contribution in [2.75, 3.05) is 7.05 Å². The van der Waals surface area contributed by atoms with E-state index in [1.54, 1.807) is 6.07 Å². The minimum absolute atomic E-state index is 0.549. The monoisotopic (exact) mass is 201 g/mol. The van der Waals surface area contributed by atoms with E-state index in [1.165, 1.54) is 6.07 Å². The standard InChI is InChI=1S/C10H10F3N/c1-14-5-7-2-3-9(10(11,12)13)4-8(7)6-14/h2-4H,5-6H2,1H3. The number of fused-ring (bicyclic) bond motifs is 1. The molecule has 0 saturated carbocycles. The molecule has 1 aliphatic rings. The van der Waals surface area contributed by atoms with Gasteiger partial charge in [-0.15, -0.1) is 0 Å². The molecule has 0 aliphatic carbocycles. The maximum absolute atomic E-state index is 12.3. The summed E-state index contributed by atoms with van der Waals surface area (Å²) in [4.78, 5) is 1.99. The lowest BCUT2D eigenvalue weighted by atomic mass is 10.1. The topological polar surface area (TPSA) is 3.24 Å². The van der Waals surface area contributed by atoms with Crippen LogP contribution in [0, 0.1) is 0 Å². The van der Waals surface area contributed by atoms with Crippen molar-refractivity contribution in [1.29, 1.82) is 0 Å². The predicted octanol–water partition coefficient (Wildman–Crippen LogP) is 2.65. The normalized spacial score (nSPS) is 17.1. The Labute approximate surface area is 80.1 Å². The number of hydrogen-bond donors (Lipinski definition) is 0. The van der Waals surface area contributed by atoms with Crippen LogP contribution in [0.1, 0.15) is 16.7 Å². The largest absolute Gasteiger partial charge is 0.416 e. The van der Waals surface area contributed by atoms with Crippen LogP contribution in [0.15, 0.2) is 18.2 Å². The van der Waals surface area contributed by atoms with Crippen LogP contribution in [0.4, 0.5) is 13.2 Å². The molecule has 1 aromatic carbocycles. The summed E-state index contributed by atoms with van der Waals surface area (Å²) in [7, 11) is 1.90. The van der Waals surface area contributed by atoms with Gasteiger partial charge in [-0.2, -0.15) is 13.2 Å². The highest BCUT2D eigenvalue weighted by Crippen LogP contribution is 2.32. The highest BCUT2D eigenvalue weighted by Gasteiger charge is 2.31. The molecule has 0 radical (unpaired) electrons. The second-order valence-corrected chi connectivity index (χ2v) is 3.65. The van der Waals surface area contributed by atoms with E-state index in [0.717, 1.165) is 23.7 Å². The van der Waals surface area contributed by atoms with Gasteiger partial charge in [0.1, 0.15) is 0 Å². The molecule has 1 nitrogen and oxygen atoms in total. The summed E-state index contributed by atoms with van der Waals surface area (Å²) in [5.41, 5.74) is 1.24. The van der Waals surface area contributed by atoms with E-state index in [4.69, 9.17) is 0 Å². The summed E-state index contributed by atoms with van der Waals surface area (Å²) in [5.74, 6) is 0. The van der Waals surface area contributed by atoms with Crippen LogP contribution < -0.4 is 0 Å². The molecule has 0 spiro atoms. The Hall–Kier alpha value is -1.03. The first-order chi connectivity index (χ1) is 6.47. The second kappa shape index (κ2) is 2.98. The maximum atomic E-state index is 12.3. The minimum atomic E-state index is -4.23. The number of halogens is 3. The summed E-state index contributed by atoms with van der Waals surface area (Å²) < 4.78 is 37.0. The molecule has 1 heterocycles. The van der Waals surface area contributed by atoms with E-state index in [2.05, 4.69) is 0 Å². The van der Waals surface area contributed by atoms with Gasteiger partial charge in [0.25, 0.3) is 0 Å². The van der Waals surface area contributed by atoms with Gasteiger partial charge in [-0.1, -0.05) is 6.07 Å². The third-order valence-corrected chi connectivity index (χ3v) is 2.41. The van der Waals surface area contributed by atoms with Crippen molar-refractivity contribution in [3.63, 3.8) is 0 Å². The van der Waals surface area contributed by atoms with Crippen LogP contribution in [0.5, 0.6) is 0 Å². The highest BCUT2D eigenvalue weighted by atomic mass is 19.4. The molecule has 0 bridgehead atoms. The molecule has 0 saturated heterocycles. The van der Waals surface area contributed by atoms with E-state index < -0.39 is 11.7 Å². The van der Waals surface area contributed by atoms with Gasteiger partial charge in [-0.05, 0) is 30.3 Å². The van der Waals surface area contributed by atoms with E-state index in [9.17, 15) is 13.2 Å². The lowest BCUT2D eigenvalue weighted by Crippen LogP contribution is -2.07. The number of hydrogen-bond acceptors (Lipinski definition) is 1. The molecule has 76 valence electrons. The molecular weight excluding hydrogens is 191 g/mol. The molecule has 0 unspecified atom stereocenters. The van der Waals surface area contributed by atoms with Crippen LogP contribution in [-0.4, -0.2) is 11.9 Å².